The van der Waals surface area contributed by atoms with E-state index in [2.05, 4.69) is 29.2 Å². The van der Waals surface area contributed by atoms with Crippen LogP contribution in [0.1, 0.15) is 18.4 Å². The van der Waals surface area contributed by atoms with Crippen molar-refractivity contribution in [1.82, 2.24) is 9.80 Å². The molecule has 1 amide bonds. The van der Waals surface area contributed by atoms with Crippen LogP contribution in [0.5, 0.6) is 0 Å². The number of amides is 1. The predicted octanol–water partition coefficient (Wildman–Crippen LogP) is 1.50. The highest BCUT2D eigenvalue weighted by Gasteiger charge is 2.44. The van der Waals surface area contributed by atoms with Crippen LogP contribution in [0.15, 0.2) is 30.3 Å². The van der Waals surface area contributed by atoms with Gasteiger partial charge in [-0.05, 0) is 30.2 Å². The molecule has 3 fully saturated rings. The summed E-state index contributed by atoms with van der Waals surface area (Å²) in [6.45, 7) is 4.77. The Hall–Kier alpha value is -1.14. The van der Waals surface area contributed by atoms with Crippen LogP contribution in [-0.2, 0) is 16.1 Å². The van der Waals surface area contributed by atoms with Crippen molar-refractivity contribution in [2.45, 2.75) is 31.5 Å². The largest absolute Gasteiger partial charge is 0.366 e. The van der Waals surface area contributed by atoms with Crippen LogP contribution in [0, 0.1) is 11.8 Å². The number of morpholine rings is 1. The zero-order valence-electron chi connectivity index (χ0n) is 14.5. The summed E-state index contributed by atoms with van der Waals surface area (Å²) in [5.41, 5.74) is 7.48. The summed E-state index contributed by atoms with van der Waals surface area (Å²) < 4.78 is 5.80. The molecule has 2 aliphatic heterocycles. The first-order valence-corrected chi connectivity index (χ1v) is 9.13. The molecule has 2 saturated heterocycles. The third-order valence-electron chi connectivity index (χ3n) is 5.90. The number of halogens is 1. The van der Waals surface area contributed by atoms with Gasteiger partial charge in [-0.3, -0.25) is 9.69 Å². The van der Waals surface area contributed by atoms with Gasteiger partial charge in [-0.1, -0.05) is 30.3 Å². The molecule has 0 bridgehead atoms. The minimum atomic E-state index is -0.322. The first kappa shape index (κ1) is 18.6. The predicted molar refractivity (Wildman–Crippen MR) is 99.5 cm³/mol. The number of hydrogen-bond donors (Lipinski definition) is 1. The monoisotopic (exact) mass is 365 g/mol. The highest BCUT2D eigenvalue weighted by molar-refractivity contribution is 5.85. The Labute approximate surface area is 155 Å². The number of carbonyl (C=O) groups is 1. The Morgan fingerprint density at radius 2 is 1.96 bits per heavy atom. The summed E-state index contributed by atoms with van der Waals surface area (Å²) in [6.07, 6.45) is 1.96. The Balaban J connectivity index is 0.00000182. The number of ether oxygens (including phenoxy) is 1. The van der Waals surface area contributed by atoms with Gasteiger partial charge in [-0.2, -0.15) is 0 Å². The molecule has 1 aromatic carbocycles. The smallest absolute Gasteiger partial charge is 0.253 e. The van der Waals surface area contributed by atoms with Crippen LogP contribution in [0.4, 0.5) is 0 Å². The molecule has 6 heteroatoms. The van der Waals surface area contributed by atoms with Crippen LogP contribution in [0.3, 0.4) is 0 Å². The van der Waals surface area contributed by atoms with Crippen molar-refractivity contribution in [1.29, 1.82) is 0 Å². The number of fused-ring (bicyclic) bond motifs is 1. The van der Waals surface area contributed by atoms with E-state index >= 15 is 0 Å². The summed E-state index contributed by atoms with van der Waals surface area (Å²) >= 11 is 0. The molecule has 1 aromatic rings. The summed E-state index contributed by atoms with van der Waals surface area (Å²) in [5, 5.41) is 0. The fourth-order valence-corrected chi connectivity index (χ4v) is 4.53. The van der Waals surface area contributed by atoms with Crippen molar-refractivity contribution < 1.29 is 9.53 Å². The SMILES string of the molecule is Cl.NC1CCC2CN(C(=O)C3CN(Cc4ccccc4)CCO3)CC12. The van der Waals surface area contributed by atoms with Gasteiger partial charge in [0, 0.05) is 38.8 Å². The summed E-state index contributed by atoms with van der Waals surface area (Å²) in [5.74, 6) is 1.26. The van der Waals surface area contributed by atoms with E-state index < -0.39 is 0 Å². The zero-order chi connectivity index (χ0) is 16.5. The highest BCUT2D eigenvalue weighted by Crippen LogP contribution is 2.37. The average molecular weight is 366 g/mol. The second-order valence-electron chi connectivity index (χ2n) is 7.49. The molecule has 4 atom stereocenters. The van der Waals surface area contributed by atoms with Gasteiger partial charge in [-0.15, -0.1) is 12.4 Å². The molecule has 1 saturated carbocycles. The van der Waals surface area contributed by atoms with Gasteiger partial charge in [0.25, 0.3) is 5.91 Å². The molecule has 2 N–H and O–H groups in total. The normalized spacial score (nSPS) is 32.3. The molecule has 0 aromatic heterocycles. The lowest BCUT2D eigenvalue weighted by atomic mass is 9.98. The van der Waals surface area contributed by atoms with Crippen LogP contribution < -0.4 is 5.73 Å². The standard InChI is InChI=1S/C19H27N3O2.ClH/c20-17-7-6-15-11-22(12-16(15)17)19(23)18-13-21(8-9-24-18)10-14-4-2-1-3-5-14;/h1-5,15-18H,6-13,20H2;1H. The second kappa shape index (κ2) is 8.04. The summed E-state index contributed by atoms with van der Waals surface area (Å²) in [6, 6.07) is 10.7. The highest BCUT2D eigenvalue weighted by atomic mass is 35.5. The van der Waals surface area contributed by atoms with Crippen LogP contribution >= 0.6 is 12.4 Å². The number of carbonyl (C=O) groups excluding carboxylic acids is 1. The number of benzene rings is 1. The molecule has 5 nitrogen and oxygen atoms in total. The van der Waals surface area contributed by atoms with Gasteiger partial charge in [0.2, 0.25) is 0 Å². The maximum atomic E-state index is 12.9. The van der Waals surface area contributed by atoms with E-state index in [0.29, 0.717) is 25.0 Å². The lowest BCUT2D eigenvalue weighted by Crippen LogP contribution is -2.50. The van der Waals surface area contributed by atoms with Gasteiger partial charge < -0.3 is 15.4 Å². The van der Waals surface area contributed by atoms with Crippen molar-refractivity contribution in [3.05, 3.63) is 35.9 Å². The minimum Gasteiger partial charge on any atom is -0.366 e. The van der Waals surface area contributed by atoms with E-state index in [1.807, 2.05) is 11.0 Å². The lowest BCUT2D eigenvalue weighted by Gasteiger charge is -2.34. The van der Waals surface area contributed by atoms with Crippen molar-refractivity contribution in [3.8, 4) is 0 Å². The fourth-order valence-electron chi connectivity index (χ4n) is 4.53. The first-order chi connectivity index (χ1) is 11.7. The van der Waals surface area contributed by atoms with Crippen LogP contribution in [-0.4, -0.2) is 60.6 Å². The summed E-state index contributed by atoms with van der Waals surface area (Å²) in [7, 11) is 0. The third-order valence-corrected chi connectivity index (χ3v) is 5.90. The third kappa shape index (κ3) is 4.00. The van der Waals surface area contributed by atoms with Gasteiger partial charge >= 0.3 is 0 Å². The molecule has 0 radical (unpaired) electrons. The van der Waals surface area contributed by atoms with E-state index in [-0.39, 0.29) is 30.5 Å². The molecule has 25 heavy (non-hydrogen) atoms. The first-order valence-electron chi connectivity index (χ1n) is 9.13. The van der Waals surface area contributed by atoms with Gasteiger partial charge in [-0.25, -0.2) is 0 Å². The van der Waals surface area contributed by atoms with E-state index in [0.717, 1.165) is 32.6 Å². The maximum absolute atomic E-state index is 12.9. The van der Waals surface area contributed by atoms with E-state index in [1.54, 1.807) is 0 Å². The topological polar surface area (TPSA) is 58.8 Å². The number of likely N-dealkylation sites (tertiary alicyclic amines) is 1. The van der Waals surface area contributed by atoms with Crippen LogP contribution in [0.25, 0.3) is 0 Å². The second-order valence-corrected chi connectivity index (χ2v) is 7.49. The Morgan fingerprint density at radius 1 is 1.16 bits per heavy atom. The van der Waals surface area contributed by atoms with Gasteiger partial charge in [0.15, 0.2) is 0 Å². The molecule has 3 aliphatic rings. The number of nitrogens with zero attached hydrogens (tertiary/aromatic N) is 2. The molecule has 1 aliphatic carbocycles. The Bertz CT molecular complexity index is 585. The Morgan fingerprint density at radius 3 is 2.72 bits per heavy atom. The average Bonchev–Trinajstić information content (AvgIpc) is 3.18. The van der Waals surface area contributed by atoms with Crippen LogP contribution in [0.2, 0.25) is 0 Å². The van der Waals surface area contributed by atoms with Crippen molar-refractivity contribution >= 4 is 18.3 Å². The fraction of sp³-hybridized carbons (Fsp3) is 0.632. The molecular weight excluding hydrogens is 338 g/mol. The maximum Gasteiger partial charge on any atom is 0.253 e. The summed E-state index contributed by atoms with van der Waals surface area (Å²) in [4.78, 5) is 17.2. The molecule has 4 unspecified atom stereocenters. The number of nitrogens with two attached hydrogens (primary N) is 1. The molecule has 0 spiro atoms. The van der Waals surface area contributed by atoms with Gasteiger partial charge in [0.05, 0.1) is 6.61 Å². The van der Waals surface area contributed by atoms with E-state index in [4.69, 9.17) is 10.5 Å². The number of rotatable bonds is 3. The Kier molecular flexibility index (Phi) is 6.00. The lowest BCUT2D eigenvalue weighted by molar-refractivity contribution is -0.149. The molecule has 4 rings (SSSR count). The molecule has 2 heterocycles. The van der Waals surface area contributed by atoms with Gasteiger partial charge in [0.1, 0.15) is 6.10 Å². The quantitative estimate of drug-likeness (QED) is 0.882. The zero-order valence-corrected chi connectivity index (χ0v) is 15.4. The molecular formula is C19H28ClN3O2. The minimum absolute atomic E-state index is 0. The number of hydrogen-bond acceptors (Lipinski definition) is 4. The van der Waals surface area contributed by atoms with Crippen molar-refractivity contribution in [3.63, 3.8) is 0 Å². The van der Waals surface area contributed by atoms with E-state index in [1.165, 1.54) is 12.0 Å². The molecule has 138 valence electrons. The van der Waals surface area contributed by atoms with Crippen molar-refractivity contribution in [2.75, 3.05) is 32.8 Å². The van der Waals surface area contributed by atoms with Crippen molar-refractivity contribution in [2.24, 2.45) is 17.6 Å². The van der Waals surface area contributed by atoms with E-state index in [9.17, 15) is 4.79 Å².